The van der Waals surface area contributed by atoms with E-state index in [1.54, 1.807) is 6.92 Å². The van der Waals surface area contributed by atoms with Gasteiger partial charge in [-0.1, -0.05) is 0 Å². The third kappa shape index (κ3) is 2.43. The van der Waals surface area contributed by atoms with E-state index in [4.69, 9.17) is 4.74 Å². The summed E-state index contributed by atoms with van der Waals surface area (Å²) in [7, 11) is 0. The summed E-state index contributed by atoms with van der Waals surface area (Å²) >= 11 is 0. The Bertz CT molecular complexity index is 394. The van der Waals surface area contributed by atoms with Crippen molar-refractivity contribution in [3.8, 4) is 5.75 Å². The number of carbonyl (C=O) groups excluding carboxylic acids is 1. The van der Waals surface area contributed by atoms with Crippen molar-refractivity contribution in [3.63, 3.8) is 0 Å². The minimum absolute atomic E-state index is 0.111. The number of hydrogen-bond acceptors (Lipinski definition) is 2. The summed E-state index contributed by atoms with van der Waals surface area (Å²) in [5.41, 5.74) is 2.89. The van der Waals surface area contributed by atoms with Crippen LogP contribution in [0.15, 0.2) is 12.1 Å². The van der Waals surface area contributed by atoms with Crippen molar-refractivity contribution in [2.24, 2.45) is 5.92 Å². The summed E-state index contributed by atoms with van der Waals surface area (Å²) in [5, 5.41) is 0. The second kappa shape index (κ2) is 4.28. The van der Waals surface area contributed by atoms with Gasteiger partial charge in [-0.2, -0.15) is 0 Å². The molecule has 1 aliphatic carbocycles. The van der Waals surface area contributed by atoms with E-state index >= 15 is 0 Å². The van der Waals surface area contributed by atoms with Crippen LogP contribution in [0.25, 0.3) is 0 Å². The van der Waals surface area contributed by atoms with Gasteiger partial charge in [-0.05, 0) is 62.8 Å². The van der Waals surface area contributed by atoms with Gasteiger partial charge in [0.25, 0.3) is 0 Å². The first-order valence-corrected chi connectivity index (χ1v) is 5.83. The maximum absolute atomic E-state index is 11.3. The molecule has 1 saturated carbocycles. The van der Waals surface area contributed by atoms with Gasteiger partial charge in [0.2, 0.25) is 0 Å². The standard InChI is InChI=1S/C14H18O2/c1-9-6-13(11(3)15)7-10(2)14(9)16-8-12-4-5-12/h6-7,12H,4-5,8H2,1-3H3. The summed E-state index contributed by atoms with van der Waals surface area (Å²) in [6.45, 7) is 6.42. The van der Waals surface area contributed by atoms with Gasteiger partial charge < -0.3 is 4.74 Å². The molecule has 2 rings (SSSR count). The van der Waals surface area contributed by atoms with Gasteiger partial charge in [0, 0.05) is 5.56 Å². The van der Waals surface area contributed by atoms with Crippen LogP contribution in [0.1, 0.15) is 41.3 Å². The molecule has 2 nitrogen and oxygen atoms in total. The molecule has 16 heavy (non-hydrogen) atoms. The van der Waals surface area contributed by atoms with E-state index < -0.39 is 0 Å². The van der Waals surface area contributed by atoms with Crippen molar-refractivity contribution in [2.75, 3.05) is 6.61 Å². The number of ether oxygens (including phenoxy) is 1. The molecule has 1 fully saturated rings. The van der Waals surface area contributed by atoms with Crippen LogP contribution in [0.4, 0.5) is 0 Å². The largest absolute Gasteiger partial charge is 0.493 e. The first-order valence-electron chi connectivity index (χ1n) is 5.83. The summed E-state index contributed by atoms with van der Waals surface area (Å²) in [6.07, 6.45) is 2.59. The Morgan fingerprint density at radius 3 is 2.31 bits per heavy atom. The van der Waals surface area contributed by atoms with Crippen molar-refractivity contribution < 1.29 is 9.53 Å². The van der Waals surface area contributed by atoms with Gasteiger partial charge in [-0.15, -0.1) is 0 Å². The Morgan fingerprint density at radius 2 is 1.88 bits per heavy atom. The smallest absolute Gasteiger partial charge is 0.159 e. The van der Waals surface area contributed by atoms with Crippen LogP contribution in [0.2, 0.25) is 0 Å². The molecule has 0 radical (unpaired) electrons. The van der Waals surface area contributed by atoms with Crippen molar-refractivity contribution in [2.45, 2.75) is 33.6 Å². The first-order chi connectivity index (χ1) is 7.58. The molecule has 0 atom stereocenters. The number of hydrogen-bond donors (Lipinski definition) is 0. The Morgan fingerprint density at radius 1 is 1.31 bits per heavy atom. The molecule has 0 unspecified atom stereocenters. The summed E-state index contributed by atoms with van der Waals surface area (Å²) in [6, 6.07) is 3.83. The topological polar surface area (TPSA) is 26.3 Å². The molecule has 1 aromatic carbocycles. The highest BCUT2D eigenvalue weighted by Gasteiger charge is 2.22. The average molecular weight is 218 g/mol. The lowest BCUT2D eigenvalue weighted by molar-refractivity contribution is 0.101. The fourth-order valence-corrected chi connectivity index (χ4v) is 1.87. The molecule has 1 aromatic rings. The first kappa shape index (κ1) is 11.2. The zero-order valence-corrected chi connectivity index (χ0v) is 10.2. The SMILES string of the molecule is CC(=O)c1cc(C)c(OCC2CC2)c(C)c1. The summed E-state index contributed by atoms with van der Waals surface area (Å²) in [4.78, 5) is 11.3. The highest BCUT2D eigenvalue weighted by Crippen LogP contribution is 2.32. The van der Waals surface area contributed by atoms with Crippen LogP contribution in [0.3, 0.4) is 0 Å². The number of Topliss-reactive ketones (excluding diaryl/α,β-unsaturated/α-hetero) is 1. The molecule has 0 heterocycles. The van der Waals surface area contributed by atoms with E-state index in [1.165, 1.54) is 12.8 Å². The van der Waals surface area contributed by atoms with Gasteiger partial charge in [-0.25, -0.2) is 0 Å². The summed E-state index contributed by atoms with van der Waals surface area (Å²) in [5.74, 6) is 1.82. The Labute approximate surface area is 96.6 Å². The molecule has 86 valence electrons. The van der Waals surface area contributed by atoms with Crippen molar-refractivity contribution in [1.29, 1.82) is 0 Å². The van der Waals surface area contributed by atoms with E-state index in [2.05, 4.69) is 0 Å². The monoisotopic (exact) mass is 218 g/mol. The fraction of sp³-hybridized carbons (Fsp3) is 0.500. The van der Waals surface area contributed by atoms with E-state index in [-0.39, 0.29) is 5.78 Å². The lowest BCUT2D eigenvalue weighted by Gasteiger charge is -2.13. The molecule has 0 N–H and O–H groups in total. The quantitative estimate of drug-likeness (QED) is 0.725. The molecule has 2 heteroatoms. The van der Waals surface area contributed by atoms with Gasteiger partial charge in [0.1, 0.15) is 5.75 Å². The highest BCUT2D eigenvalue weighted by molar-refractivity contribution is 5.94. The van der Waals surface area contributed by atoms with Gasteiger partial charge in [0.05, 0.1) is 6.61 Å². The van der Waals surface area contributed by atoms with Crippen LogP contribution < -0.4 is 4.74 Å². The van der Waals surface area contributed by atoms with Crippen molar-refractivity contribution in [1.82, 2.24) is 0 Å². The lowest BCUT2D eigenvalue weighted by atomic mass is 10.0. The maximum Gasteiger partial charge on any atom is 0.159 e. The van der Waals surface area contributed by atoms with Gasteiger partial charge in [-0.3, -0.25) is 4.79 Å². The van der Waals surface area contributed by atoms with E-state index in [0.29, 0.717) is 0 Å². The second-order valence-corrected chi connectivity index (χ2v) is 4.75. The molecule has 0 saturated heterocycles. The Hall–Kier alpha value is -1.31. The second-order valence-electron chi connectivity index (χ2n) is 4.75. The average Bonchev–Trinajstić information content (AvgIpc) is 2.99. The third-order valence-electron chi connectivity index (χ3n) is 3.03. The maximum atomic E-state index is 11.3. The molecule has 0 aliphatic heterocycles. The number of benzene rings is 1. The minimum Gasteiger partial charge on any atom is -0.493 e. The zero-order chi connectivity index (χ0) is 11.7. The molecular formula is C14H18O2. The van der Waals surface area contributed by atoms with E-state index in [9.17, 15) is 4.79 Å². The van der Waals surface area contributed by atoms with Crippen LogP contribution in [-0.2, 0) is 0 Å². The number of aryl methyl sites for hydroxylation is 2. The molecular weight excluding hydrogens is 200 g/mol. The number of ketones is 1. The van der Waals surface area contributed by atoms with Gasteiger partial charge in [0.15, 0.2) is 5.78 Å². The molecule has 0 bridgehead atoms. The normalized spacial score (nSPS) is 14.9. The third-order valence-corrected chi connectivity index (χ3v) is 3.03. The predicted octanol–water partition coefficient (Wildman–Crippen LogP) is 3.29. The van der Waals surface area contributed by atoms with E-state index in [0.717, 1.165) is 35.0 Å². The van der Waals surface area contributed by atoms with Crippen LogP contribution in [0, 0.1) is 19.8 Å². The van der Waals surface area contributed by atoms with Crippen molar-refractivity contribution in [3.05, 3.63) is 28.8 Å². The Balaban J connectivity index is 2.19. The molecule has 0 spiro atoms. The van der Waals surface area contributed by atoms with Crippen molar-refractivity contribution >= 4 is 5.78 Å². The zero-order valence-electron chi connectivity index (χ0n) is 10.2. The van der Waals surface area contributed by atoms with Crippen LogP contribution >= 0.6 is 0 Å². The molecule has 0 amide bonds. The predicted molar refractivity (Wildman–Crippen MR) is 64.1 cm³/mol. The molecule has 1 aliphatic rings. The van der Waals surface area contributed by atoms with E-state index in [1.807, 2.05) is 26.0 Å². The number of carbonyl (C=O) groups is 1. The highest BCUT2D eigenvalue weighted by atomic mass is 16.5. The number of rotatable bonds is 4. The minimum atomic E-state index is 0.111. The summed E-state index contributed by atoms with van der Waals surface area (Å²) < 4.78 is 5.81. The van der Waals surface area contributed by atoms with Crippen LogP contribution in [0.5, 0.6) is 5.75 Å². The fourth-order valence-electron chi connectivity index (χ4n) is 1.87. The Kier molecular flexibility index (Phi) is 2.99. The van der Waals surface area contributed by atoms with Crippen LogP contribution in [-0.4, -0.2) is 12.4 Å². The molecule has 0 aromatic heterocycles. The lowest BCUT2D eigenvalue weighted by Crippen LogP contribution is -2.04. The van der Waals surface area contributed by atoms with Gasteiger partial charge >= 0.3 is 0 Å².